The molecule has 1 N–H and O–H groups in total. The summed E-state index contributed by atoms with van der Waals surface area (Å²) < 4.78 is 26.4. The number of benzene rings is 1. The molecule has 1 aromatic carbocycles. The van der Waals surface area contributed by atoms with Crippen LogP contribution in [0.15, 0.2) is 30.9 Å². The lowest BCUT2D eigenvalue weighted by Gasteiger charge is -2.33. The van der Waals surface area contributed by atoms with E-state index in [0.717, 1.165) is 32.2 Å². The number of hydrogen-bond donors (Lipinski definition) is 1. The Bertz CT molecular complexity index is 386. The van der Waals surface area contributed by atoms with E-state index in [2.05, 4.69) is 16.8 Å². The molecule has 0 aliphatic carbocycles. The lowest BCUT2D eigenvalue weighted by Crippen LogP contribution is -2.44. The maximum Gasteiger partial charge on any atom is 0.126 e. The summed E-state index contributed by atoms with van der Waals surface area (Å²) in [6, 6.07) is 3.51. The van der Waals surface area contributed by atoms with Crippen LogP contribution in [0.2, 0.25) is 0 Å². The third-order valence-corrected chi connectivity index (χ3v) is 2.99. The zero-order chi connectivity index (χ0) is 12.3. The van der Waals surface area contributed by atoms with E-state index >= 15 is 0 Å². The van der Waals surface area contributed by atoms with Gasteiger partial charge in [0, 0.05) is 32.2 Å². The van der Waals surface area contributed by atoms with E-state index < -0.39 is 11.6 Å². The van der Waals surface area contributed by atoms with E-state index in [0.29, 0.717) is 5.56 Å². The molecule has 1 heterocycles. The maximum atomic E-state index is 13.2. The van der Waals surface area contributed by atoms with Gasteiger partial charge in [-0.25, -0.2) is 8.78 Å². The monoisotopic (exact) mass is 274 g/mol. The molecule has 0 unspecified atom stereocenters. The predicted octanol–water partition coefficient (Wildman–Crippen LogP) is 2.52. The van der Waals surface area contributed by atoms with Crippen LogP contribution in [0.4, 0.5) is 8.78 Å². The minimum Gasteiger partial charge on any atom is -0.314 e. The Morgan fingerprint density at radius 1 is 1.17 bits per heavy atom. The molecule has 1 atom stereocenters. The maximum absolute atomic E-state index is 13.2. The van der Waals surface area contributed by atoms with Crippen LogP contribution in [-0.4, -0.2) is 31.1 Å². The Morgan fingerprint density at radius 3 is 2.22 bits per heavy atom. The van der Waals surface area contributed by atoms with Gasteiger partial charge in [0.1, 0.15) is 11.6 Å². The van der Waals surface area contributed by atoms with Gasteiger partial charge in [0.25, 0.3) is 0 Å². The molecular formula is C13H17ClF2N2. The molecule has 1 saturated heterocycles. The van der Waals surface area contributed by atoms with Crippen molar-refractivity contribution in [1.29, 1.82) is 0 Å². The molecule has 1 aromatic rings. The molecule has 1 aliphatic heterocycles. The molecule has 1 fully saturated rings. The number of hydrogen-bond acceptors (Lipinski definition) is 2. The first-order chi connectivity index (χ1) is 8.20. The van der Waals surface area contributed by atoms with Gasteiger partial charge in [-0.15, -0.1) is 19.0 Å². The largest absolute Gasteiger partial charge is 0.314 e. The van der Waals surface area contributed by atoms with Gasteiger partial charge in [-0.05, 0) is 17.7 Å². The first kappa shape index (κ1) is 15.1. The van der Waals surface area contributed by atoms with E-state index in [4.69, 9.17) is 0 Å². The summed E-state index contributed by atoms with van der Waals surface area (Å²) in [6.07, 6.45) is 1.74. The van der Waals surface area contributed by atoms with Crippen LogP contribution in [0, 0.1) is 11.6 Å². The van der Waals surface area contributed by atoms with E-state index in [1.54, 1.807) is 6.08 Å². The smallest absolute Gasteiger partial charge is 0.126 e. The van der Waals surface area contributed by atoms with Crippen LogP contribution in [0.25, 0.3) is 0 Å². The topological polar surface area (TPSA) is 15.3 Å². The number of rotatable bonds is 3. The third-order valence-electron chi connectivity index (χ3n) is 2.99. The Morgan fingerprint density at radius 2 is 1.72 bits per heavy atom. The SMILES string of the molecule is C=C[C@H](c1cc(F)cc(F)c1)N1CCNCC1.Cl. The molecule has 1 aliphatic rings. The molecule has 5 heteroatoms. The zero-order valence-corrected chi connectivity index (χ0v) is 10.9. The predicted molar refractivity (Wildman–Crippen MR) is 71.0 cm³/mol. The van der Waals surface area contributed by atoms with Gasteiger partial charge >= 0.3 is 0 Å². The van der Waals surface area contributed by atoms with Crippen molar-refractivity contribution < 1.29 is 8.78 Å². The van der Waals surface area contributed by atoms with Crippen molar-refractivity contribution in [1.82, 2.24) is 10.2 Å². The van der Waals surface area contributed by atoms with Gasteiger partial charge in [0.2, 0.25) is 0 Å². The normalized spacial score (nSPS) is 17.9. The van der Waals surface area contributed by atoms with Gasteiger partial charge in [0.05, 0.1) is 6.04 Å². The number of nitrogens with one attached hydrogen (secondary N) is 1. The summed E-state index contributed by atoms with van der Waals surface area (Å²) in [6.45, 7) is 7.26. The van der Waals surface area contributed by atoms with Gasteiger partial charge in [0.15, 0.2) is 0 Å². The summed E-state index contributed by atoms with van der Waals surface area (Å²) in [5, 5.41) is 3.24. The average Bonchev–Trinajstić information content (AvgIpc) is 2.30. The van der Waals surface area contributed by atoms with Crippen LogP contribution >= 0.6 is 12.4 Å². The first-order valence-electron chi connectivity index (χ1n) is 5.74. The molecule has 100 valence electrons. The molecule has 0 spiro atoms. The Balaban J connectivity index is 0.00000162. The van der Waals surface area contributed by atoms with E-state index in [1.807, 2.05) is 0 Å². The fourth-order valence-corrected chi connectivity index (χ4v) is 2.20. The average molecular weight is 275 g/mol. The lowest BCUT2D eigenvalue weighted by atomic mass is 10.0. The molecule has 2 nitrogen and oxygen atoms in total. The van der Waals surface area contributed by atoms with Crippen molar-refractivity contribution >= 4 is 12.4 Å². The highest BCUT2D eigenvalue weighted by molar-refractivity contribution is 5.85. The Labute approximate surface area is 112 Å². The molecule has 18 heavy (non-hydrogen) atoms. The zero-order valence-electron chi connectivity index (χ0n) is 10.0. The summed E-state index contributed by atoms with van der Waals surface area (Å²) in [4.78, 5) is 2.16. The van der Waals surface area contributed by atoms with Crippen molar-refractivity contribution in [3.8, 4) is 0 Å². The van der Waals surface area contributed by atoms with Crippen molar-refractivity contribution in [2.24, 2.45) is 0 Å². The molecule has 0 amide bonds. The van der Waals surface area contributed by atoms with Crippen LogP contribution in [0.3, 0.4) is 0 Å². The lowest BCUT2D eigenvalue weighted by molar-refractivity contribution is 0.203. The fourth-order valence-electron chi connectivity index (χ4n) is 2.20. The van der Waals surface area contributed by atoms with E-state index in [1.165, 1.54) is 12.1 Å². The van der Waals surface area contributed by atoms with Crippen molar-refractivity contribution in [2.75, 3.05) is 26.2 Å². The van der Waals surface area contributed by atoms with Crippen LogP contribution in [0.5, 0.6) is 0 Å². The van der Waals surface area contributed by atoms with E-state index in [-0.39, 0.29) is 18.4 Å². The summed E-state index contributed by atoms with van der Waals surface area (Å²) >= 11 is 0. The molecular weight excluding hydrogens is 258 g/mol. The first-order valence-corrected chi connectivity index (χ1v) is 5.74. The van der Waals surface area contributed by atoms with Gasteiger partial charge in [-0.1, -0.05) is 6.08 Å². The fraction of sp³-hybridized carbons (Fsp3) is 0.385. The molecule has 0 bridgehead atoms. The highest BCUT2D eigenvalue weighted by Gasteiger charge is 2.20. The highest BCUT2D eigenvalue weighted by Crippen LogP contribution is 2.23. The van der Waals surface area contributed by atoms with Gasteiger partial charge in [-0.3, -0.25) is 4.90 Å². The minimum absolute atomic E-state index is 0. The molecule has 0 saturated carbocycles. The Kier molecular flexibility index (Phi) is 5.72. The van der Waals surface area contributed by atoms with Crippen LogP contribution in [0.1, 0.15) is 11.6 Å². The van der Waals surface area contributed by atoms with Gasteiger partial charge in [-0.2, -0.15) is 0 Å². The summed E-state index contributed by atoms with van der Waals surface area (Å²) in [7, 11) is 0. The second-order valence-corrected chi connectivity index (χ2v) is 4.17. The van der Waals surface area contributed by atoms with E-state index in [9.17, 15) is 8.78 Å². The van der Waals surface area contributed by atoms with Crippen LogP contribution < -0.4 is 5.32 Å². The van der Waals surface area contributed by atoms with Gasteiger partial charge < -0.3 is 5.32 Å². The second-order valence-electron chi connectivity index (χ2n) is 4.17. The standard InChI is InChI=1S/C13H16F2N2.ClH/c1-2-13(17-5-3-16-4-6-17)10-7-11(14)9-12(15)8-10;/h2,7-9,13,16H,1,3-6H2;1H/t13-;/m1./s1. The van der Waals surface area contributed by atoms with Crippen molar-refractivity contribution in [2.45, 2.75) is 6.04 Å². The molecule has 2 rings (SSSR count). The number of piperazine rings is 1. The quantitative estimate of drug-likeness (QED) is 0.852. The molecule has 0 aromatic heterocycles. The minimum atomic E-state index is -0.540. The Hall–Kier alpha value is -0.970. The van der Waals surface area contributed by atoms with Crippen molar-refractivity contribution in [3.63, 3.8) is 0 Å². The number of nitrogens with zero attached hydrogens (tertiary/aromatic N) is 1. The summed E-state index contributed by atoms with van der Waals surface area (Å²) in [5.74, 6) is -1.08. The third kappa shape index (κ3) is 3.51. The highest BCUT2D eigenvalue weighted by atomic mass is 35.5. The molecule has 0 radical (unpaired) electrons. The second kappa shape index (κ2) is 6.83. The van der Waals surface area contributed by atoms with Crippen LogP contribution in [-0.2, 0) is 0 Å². The van der Waals surface area contributed by atoms with Crippen molar-refractivity contribution in [3.05, 3.63) is 48.1 Å². The summed E-state index contributed by atoms with van der Waals surface area (Å²) in [5.41, 5.74) is 0.624. The number of halogens is 3.